The third-order valence-electron chi connectivity index (χ3n) is 2.83. The molecular weight excluding hydrogens is 290 g/mol. The van der Waals surface area contributed by atoms with E-state index in [0.29, 0.717) is 27.6 Å². The van der Waals surface area contributed by atoms with Gasteiger partial charge in [-0.25, -0.2) is 0 Å². The number of carbonyl (C=O) groups excluding carboxylic acids is 1. The van der Waals surface area contributed by atoms with Crippen LogP contribution in [0.15, 0.2) is 42.5 Å². The summed E-state index contributed by atoms with van der Waals surface area (Å²) in [5, 5.41) is 9.63. The summed E-state index contributed by atoms with van der Waals surface area (Å²) in [5.41, 5.74) is 0.824. The van der Waals surface area contributed by atoms with Crippen molar-refractivity contribution in [2.75, 3.05) is 13.7 Å². The van der Waals surface area contributed by atoms with Crippen LogP contribution >= 0.6 is 11.6 Å². The molecule has 21 heavy (non-hydrogen) atoms. The van der Waals surface area contributed by atoms with Gasteiger partial charge in [-0.3, -0.25) is 4.79 Å². The lowest BCUT2D eigenvalue weighted by atomic mass is 10.1. The van der Waals surface area contributed by atoms with Crippen molar-refractivity contribution in [2.24, 2.45) is 0 Å². The molecule has 0 atom stereocenters. The molecule has 2 rings (SSSR count). The standard InChI is InChI=1S/C16H12ClNO3/c1-20-14-6-7-16(12(8-14)9-18)21-10-15(19)11-2-4-13(17)5-3-11/h2-8H,10H2,1H3. The molecule has 0 heterocycles. The molecule has 4 nitrogen and oxygen atoms in total. The summed E-state index contributed by atoms with van der Waals surface area (Å²) in [4.78, 5) is 12.0. The minimum Gasteiger partial charge on any atom is -0.497 e. The number of carbonyl (C=O) groups is 1. The lowest BCUT2D eigenvalue weighted by Crippen LogP contribution is -2.12. The molecule has 0 radical (unpaired) electrons. The van der Waals surface area contributed by atoms with Gasteiger partial charge in [0.1, 0.15) is 17.6 Å². The maximum atomic E-state index is 12.0. The fourth-order valence-corrected chi connectivity index (χ4v) is 1.84. The molecule has 0 saturated carbocycles. The molecule has 0 N–H and O–H groups in total. The van der Waals surface area contributed by atoms with Gasteiger partial charge in [0.05, 0.1) is 12.7 Å². The molecule has 0 aromatic heterocycles. The van der Waals surface area contributed by atoms with Gasteiger partial charge in [0, 0.05) is 16.7 Å². The first-order valence-corrected chi connectivity index (χ1v) is 6.51. The summed E-state index contributed by atoms with van der Waals surface area (Å²) in [7, 11) is 1.51. The predicted molar refractivity (Wildman–Crippen MR) is 79.0 cm³/mol. The largest absolute Gasteiger partial charge is 0.497 e. The van der Waals surface area contributed by atoms with Crippen molar-refractivity contribution in [3.8, 4) is 17.6 Å². The Morgan fingerprint density at radius 1 is 1.24 bits per heavy atom. The van der Waals surface area contributed by atoms with Crippen LogP contribution in [-0.4, -0.2) is 19.5 Å². The molecule has 0 saturated heterocycles. The zero-order valence-electron chi connectivity index (χ0n) is 11.3. The van der Waals surface area contributed by atoms with Gasteiger partial charge < -0.3 is 9.47 Å². The average Bonchev–Trinajstić information content (AvgIpc) is 2.53. The number of Topliss-reactive ketones (excluding diaryl/α,β-unsaturated/α-hetero) is 1. The lowest BCUT2D eigenvalue weighted by molar-refractivity contribution is 0.0921. The van der Waals surface area contributed by atoms with Gasteiger partial charge in [0.2, 0.25) is 0 Å². The van der Waals surface area contributed by atoms with Crippen molar-refractivity contribution in [3.63, 3.8) is 0 Å². The predicted octanol–water partition coefficient (Wildman–Crippen LogP) is 3.48. The summed E-state index contributed by atoms with van der Waals surface area (Å²) in [6.07, 6.45) is 0. The highest BCUT2D eigenvalue weighted by molar-refractivity contribution is 6.30. The van der Waals surface area contributed by atoms with Crippen LogP contribution in [0.25, 0.3) is 0 Å². The second kappa shape index (κ2) is 6.78. The molecule has 5 heteroatoms. The van der Waals surface area contributed by atoms with E-state index < -0.39 is 0 Å². The zero-order valence-corrected chi connectivity index (χ0v) is 12.1. The number of rotatable bonds is 5. The Labute approximate surface area is 127 Å². The minimum absolute atomic E-state index is 0.150. The van der Waals surface area contributed by atoms with Crippen LogP contribution in [0.4, 0.5) is 0 Å². The fourth-order valence-electron chi connectivity index (χ4n) is 1.71. The van der Waals surface area contributed by atoms with Crippen LogP contribution in [-0.2, 0) is 0 Å². The smallest absolute Gasteiger partial charge is 0.200 e. The van der Waals surface area contributed by atoms with Crippen molar-refractivity contribution in [1.82, 2.24) is 0 Å². The molecule has 0 aliphatic carbocycles. The van der Waals surface area contributed by atoms with Crippen molar-refractivity contribution in [3.05, 3.63) is 58.6 Å². The molecule has 0 bridgehead atoms. The molecule has 0 fully saturated rings. The van der Waals surface area contributed by atoms with Gasteiger partial charge in [-0.15, -0.1) is 0 Å². The van der Waals surface area contributed by atoms with E-state index in [2.05, 4.69) is 0 Å². The first-order valence-electron chi connectivity index (χ1n) is 6.13. The van der Waals surface area contributed by atoms with Crippen LogP contribution in [0.5, 0.6) is 11.5 Å². The van der Waals surface area contributed by atoms with E-state index in [9.17, 15) is 4.79 Å². The van der Waals surface area contributed by atoms with Crippen LogP contribution < -0.4 is 9.47 Å². The van der Waals surface area contributed by atoms with E-state index in [1.54, 1.807) is 42.5 Å². The Morgan fingerprint density at radius 2 is 1.95 bits per heavy atom. The van der Waals surface area contributed by atoms with Crippen molar-refractivity contribution < 1.29 is 14.3 Å². The summed E-state index contributed by atoms with van der Waals surface area (Å²) in [6, 6.07) is 13.4. The summed E-state index contributed by atoms with van der Waals surface area (Å²) in [5.74, 6) is 0.718. The highest BCUT2D eigenvalue weighted by atomic mass is 35.5. The number of methoxy groups -OCH3 is 1. The molecule has 0 spiro atoms. The van der Waals surface area contributed by atoms with E-state index in [4.69, 9.17) is 26.3 Å². The number of nitriles is 1. The van der Waals surface area contributed by atoms with Gasteiger partial charge >= 0.3 is 0 Å². The third kappa shape index (κ3) is 3.74. The number of nitrogens with zero attached hydrogens (tertiary/aromatic N) is 1. The Balaban J connectivity index is 2.08. The zero-order chi connectivity index (χ0) is 15.2. The molecule has 2 aromatic rings. The number of benzene rings is 2. The van der Waals surface area contributed by atoms with Crippen molar-refractivity contribution in [2.45, 2.75) is 0 Å². The van der Waals surface area contributed by atoms with Crippen molar-refractivity contribution >= 4 is 17.4 Å². The number of halogens is 1. The number of hydrogen-bond acceptors (Lipinski definition) is 4. The van der Waals surface area contributed by atoms with E-state index >= 15 is 0 Å². The van der Waals surface area contributed by atoms with Crippen LogP contribution in [0.2, 0.25) is 5.02 Å². The van der Waals surface area contributed by atoms with Crippen LogP contribution in [0, 0.1) is 11.3 Å². The maximum Gasteiger partial charge on any atom is 0.200 e. The SMILES string of the molecule is COc1ccc(OCC(=O)c2ccc(Cl)cc2)c(C#N)c1. The van der Waals surface area contributed by atoms with Gasteiger partial charge in [-0.2, -0.15) is 5.26 Å². The number of ether oxygens (including phenoxy) is 2. The first kappa shape index (κ1) is 14.9. The highest BCUT2D eigenvalue weighted by Gasteiger charge is 2.10. The Bertz CT molecular complexity index is 690. The van der Waals surface area contributed by atoms with Crippen molar-refractivity contribution in [1.29, 1.82) is 5.26 Å². The van der Waals surface area contributed by atoms with E-state index in [1.807, 2.05) is 6.07 Å². The second-order valence-electron chi connectivity index (χ2n) is 4.19. The quantitative estimate of drug-likeness (QED) is 0.793. The number of hydrogen-bond donors (Lipinski definition) is 0. The van der Waals surface area contributed by atoms with Gasteiger partial charge in [0.15, 0.2) is 12.4 Å². The summed E-state index contributed by atoms with van der Waals surface area (Å²) >= 11 is 5.77. The lowest BCUT2D eigenvalue weighted by Gasteiger charge is -2.08. The van der Waals surface area contributed by atoms with E-state index in [-0.39, 0.29) is 12.4 Å². The fraction of sp³-hybridized carbons (Fsp3) is 0.125. The second-order valence-corrected chi connectivity index (χ2v) is 4.63. The Hall–Kier alpha value is -2.51. The normalized spacial score (nSPS) is 9.76. The summed E-state index contributed by atoms with van der Waals surface area (Å²) < 4.78 is 10.4. The van der Waals surface area contributed by atoms with Crippen LogP contribution in [0.1, 0.15) is 15.9 Å². The van der Waals surface area contributed by atoms with E-state index in [1.165, 1.54) is 7.11 Å². The molecular formula is C16H12ClNO3. The van der Waals surface area contributed by atoms with E-state index in [0.717, 1.165) is 0 Å². The third-order valence-corrected chi connectivity index (χ3v) is 3.08. The Kier molecular flexibility index (Phi) is 4.81. The maximum absolute atomic E-state index is 12.0. The average molecular weight is 302 g/mol. The van der Waals surface area contributed by atoms with Crippen LogP contribution in [0.3, 0.4) is 0 Å². The molecule has 0 aliphatic rings. The van der Waals surface area contributed by atoms with Gasteiger partial charge in [-0.05, 0) is 36.4 Å². The van der Waals surface area contributed by atoms with Gasteiger partial charge in [0.25, 0.3) is 0 Å². The molecule has 106 valence electrons. The topological polar surface area (TPSA) is 59.3 Å². The first-order chi connectivity index (χ1) is 10.1. The molecule has 0 aliphatic heterocycles. The monoisotopic (exact) mass is 301 g/mol. The number of ketones is 1. The molecule has 2 aromatic carbocycles. The molecule has 0 unspecified atom stereocenters. The highest BCUT2D eigenvalue weighted by Crippen LogP contribution is 2.23. The Morgan fingerprint density at radius 3 is 2.57 bits per heavy atom. The molecule has 0 amide bonds. The summed E-state index contributed by atoms with van der Waals surface area (Å²) in [6.45, 7) is -0.150. The van der Waals surface area contributed by atoms with Gasteiger partial charge in [-0.1, -0.05) is 11.6 Å². The minimum atomic E-state index is -0.189.